The average molecular weight is 348 g/mol. The zero-order valence-electron chi connectivity index (χ0n) is 12.1. The number of halogens is 2. The highest BCUT2D eigenvalue weighted by molar-refractivity contribution is 9.10. The topological polar surface area (TPSA) is 12.0 Å². The molecule has 0 heterocycles. The minimum Gasteiger partial charge on any atom is -0.313 e. The summed E-state index contributed by atoms with van der Waals surface area (Å²) in [6.45, 7) is 0. The molecule has 0 aromatic heterocycles. The highest BCUT2D eigenvalue weighted by Gasteiger charge is 2.16. The molecular weight excluding hydrogens is 329 g/mol. The Bertz CT molecular complexity index is 654. The van der Waals surface area contributed by atoms with Gasteiger partial charge in [0.1, 0.15) is 5.82 Å². The Labute approximate surface area is 133 Å². The molecule has 0 radical (unpaired) electrons. The largest absolute Gasteiger partial charge is 0.313 e. The van der Waals surface area contributed by atoms with Crippen molar-refractivity contribution < 1.29 is 4.39 Å². The summed E-state index contributed by atoms with van der Waals surface area (Å²) in [5.41, 5.74) is 5.42. The molecule has 3 rings (SSSR count). The first-order chi connectivity index (χ1) is 10.2. The molecular formula is C18H19BrFN. The van der Waals surface area contributed by atoms with E-state index < -0.39 is 0 Å². The van der Waals surface area contributed by atoms with E-state index in [0.29, 0.717) is 0 Å². The normalized spacial score (nSPS) is 15.0. The van der Waals surface area contributed by atoms with Gasteiger partial charge in [0.15, 0.2) is 0 Å². The number of rotatable bonds is 4. The predicted molar refractivity (Wildman–Crippen MR) is 88.1 cm³/mol. The maximum Gasteiger partial charge on any atom is 0.124 e. The molecule has 0 saturated heterocycles. The van der Waals surface area contributed by atoms with Crippen LogP contribution in [-0.2, 0) is 19.3 Å². The van der Waals surface area contributed by atoms with Gasteiger partial charge in [0, 0.05) is 10.5 Å². The van der Waals surface area contributed by atoms with E-state index in [0.717, 1.165) is 16.5 Å². The van der Waals surface area contributed by atoms with Crippen molar-refractivity contribution >= 4 is 15.9 Å². The summed E-state index contributed by atoms with van der Waals surface area (Å²) in [6.07, 6.45) is 4.52. The number of hydrogen-bond acceptors (Lipinski definition) is 1. The van der Waals surface area contributed by atoms with Crippen molar-refractivity contribution in [3.05, 3.63) is 68.9 Å². The lowest BCUT2D eigenvalue weighted by Crippen LogP contribution is -2.19. The van der Waals surface area contributed by atoms with E-state index in [1.54, 1.807) is 0 Å². The molecule has 1 nitrogen and oxygen atoms in total. The van der Waals surface area contributed by atoms with Crippen LogP contribution in [0.5, 0.6) is 0 Å². The first-order valence-corrected chi connectivity index (χ1v) is 8.19. The van der Waals surface area contributed by atoms with Crippen molar-refractivity contribution in [2.24, 2.45) is 0 Å². The smallest absolute Gasteiger partial charge is 0.124 e. The molecule has 21 heavy (non-hydrogen) atoms. The van der Waals surface area contributed by atoms with E-state index in [4.69, 9.17) is 0 Å². The average Bonchev–Trinajstić information content (AvgIpc) is 2.94. The summed E-state index contributed by atoms with van der Waals surface area (Å²) in [7, 11) is 1.98. The minimum atomic E-state index is -0.204. The summed E-state index contributed by atoms with van der Waals surface area (Å²) in [5.74, 6) is -0.204. The molecule has 2 aromatic rings. The van der Waals surface area contributed by atoms with Gasteiger partial charge in [-0.15, -0.1) is 0 Å². The molecule has 110 valence electrons. The Morgan fingerprint density at radius 3 is 2.71 bits per heavy atom. The first-order valence-electron chi connectivity index (χ1n) is 7.40. The Morgan fingerprint density at radius 1 is 1.14 bits per heavy atom. The fraction of sp³-hybridized carbons (Fsp3) is 0.333. The standard InChI is InChI=1S/C18H19BrFN/c1-21-18(10-14-7-8-16(20)11-17(14)19)15-6-5-12-3-2-4-13(12)9-15/h5-9,11,18,21H,2-4,10H2,1H3. The number of hydrogen-bond donors (Lipinski definition) is 1. The third-order valence-electron chi connectivity index (χ3n) is 4.31. The summed E-state index contributed by atoms with van der Waals surface area (Å²) >= 11 is 3.46. The van der Waals surface area contributed by atoms with Gasteiger partial charge in [-0.1, -0.05) is 40.2 Å². The van der Waals surface area contributed by atoms with Crippen LogP contribution in [0.1, 0.15) is 34.7 Å². The second-order valence-electron chi connectivity index (χ2n) is 5.66. The molecule has 0 fully saturated rings. The Morgan fingerprint density at radius 2 is 1.95 bits per heavy atom. The SMILES string of the molecule is CNC(Cc1ccc(F)cc1Br)c1ccc2c(c1)CCC2. The summed E-state index contributed by atoms with van der Waals surface area (Å²) in [4.78, 5) is 0. The number of aryl methyl sites for hydroxylation is 2. The highest BCUT2D eigenvalue weighted by atomic mass is 79.9. The lowest BCUT2D eigenvalue weighted by molar-refractivity contribution is 0.587. The maximum absolute atomic E-state index is 13.2. The monoisotopic (exact) mass is 347 g/mol. The van der Waals surface area contributed by atoms with Crippen LogP contribution in [0, 0.1) is 5.82 Å². The molecule has 0 spiro atoms. The highest BCUT2D eigenvalue weighted by Crippen LogP contribution is 2.28. The quantitative estimate of drug-likeness (QED) is 0.853. The van der Waals surface area contributed by atoms with E-state index >= 15 is 0 Å². The Hall–Kier alpha value is -1.19. The van der Waals surface area contributed by atoms with E-state index in [1.165, 1.54) is 48.1 Å². The fourth-order valence-corrected chi connectivity index (χ4v) is 3.61. The molecule has 0 bridgehead atoms. The number of nitrogens with one attached hydrogen (secondary N) is 1. The first kappa shape index (κ1) is 14.7. The van der Waals surface area contributed by atoms with Crippen LogP contribution in [0.4, 0.5) is 4.39 Å². The van der Waals surface area contributed by atoms with Crippen LogP contribution < -0.4 is 5.32 Å². The Kier molecular flexibility index (Phi) is 4.41. The lowest BCUT2D eigenvalue weighted by atomic mass is 9.96. The summed E-state index contributed by atoms with van der Waals surface area (Å²) in [5, 5.41) is 3.39. The molecule has 1 aliphatic rings. The zero-order chi connectivity index (χ0) is 14.8. The van der Waals surface area contributed by atoms with Crippen LogP contribution in [0.3, 0.4) is 0 Å². The van der Waals surface area contributed by atoms with Gasteiger partial charge in [-0.05, 0) is 67.1 Å². The van der Waals surface area contributed by atoms with Crippen molar-refractivity contribution in [2.45, 2.75) is 31.7 Å². The van der Waals surface area contributed by atoms with Gasteiger partial charge in [-0.25, -0.2) is 4.39 Å². The lowest BCUT2D eigenvalue weighted by Gasteiger charge is -2.19. The number of fused-ring (bicyclic) bond motifs is 1. The molecule has 1 N–H and O–H groups in total. The molecule has 0 saturated carbocycles. The van der Waals surface area contributed by atoms with Gasteiger partial charge in [0.2, 0.25) is 0 Å². The molecule has 0 aliphatic heterocycles. The maximum atomic E-state index is 13.2. The van der Waals surface area contributed by atoms with Gasteiger partial charge < -0.3 is 5.32 Å². The summed E-state index contributed by atoms with van der Waals surface area (Å²) in [6, 6.07) is 12.0. The van der Waals surface area contributed by atoms with Gasteiger partial charge in [-0.3, -0.25) is 0 Å². The van der Waals surface area contributed by atoms with Crippen LogP contribution >= 0.6 is 15.9 Å². The van der Waals surface area contributed by atoms with Crippen LogP contribution in [0.2, 0.25) is 0 Å². The van der Waals surface area contributed by atoms with Crippen molar-refractivity contribution in [3.8, 4) is 0 Å². The third kappa shape index (κ3) is 3.19. The molecule has 2 aromatic carbocycles. The predicted octanol–water partition coefficient (Wildman–Crippen LogP) is 4.58. The van der Waals surface area contributed by atoms with Crippen molar-refractivity contribution in [3.63, 3.8) is 0 Å². The number of benzene rings is 2. The molecule has 3 heteroatoms. The van der Waals surface area contributed by atoms with Gasteiger partial charge >= 0.3 is 0 Å². The summed E-state index contributed by atoms with van der Waals surface area (Å²) < 4.78 is 14.0. The molecule has 0 amide bonds. The van der Waals surface area contributed by atoms with Crippen molar-refractivity contribution in [1.29, 1.82) is 0 Å². The van der Waals surface area contributed by atoms with Gasteiger partial charge in [0.05, 0.1) is 0 Å². The zero-order valence-corrected chi connectivity index (χ0v) is 13.7. The van der Waals surface area contributed by atoms with Crippen LogP contribution in [0.25, 0.3) is 0 Å². The van der Waals surface area contributed by atoms with Crippen molar-refractivity contribution in [2.75, 3.05) is 7.05 Å². The van der Waals surface area contributed by atoms with E-state index in [1.807, 2.05) is 13.1 Å². The Balaban J connectivity index is 1.85. The van der Waals surface area contributed by atoms with E-state index in [2.05, 4.69) is 39.4 Å². The second-order valence-corrected chi connectivity index (χ2v) is 6.52. The van der Waals surface area contributed by atoms with Gasteiger partial charge in [-0.2, -0.15) is 0 Å². The minimum absolute atomic E-state index is 0.204. The molecule has 1 unspecified atom stereocenters. The van der Waals surface area contributed by atoms with Gasteiger partial charge in [0.25, 0.3) is 0 Å². The second kappa shape index (κ2) is 6.29. The third-order valence-corrected chi connectivity index (χ3v) is 5.05. The molecule has 1 aliphatic carbocycles. The van der Waals surface area contributed by atoms with Crippen LogP contribution in [-0.4, -0.2) is 7.05 Å². The van der Waals surface area contributed by atoms with Crippen molar-refractivity contribution in [1.82, 2.24) is 5.32 Å². The number of likely N-dealkylation sites (N-methyl/N-ethyl adjacent to an activating group) is 1. The van der Waals surface area contributed by atoms with E-state index in [-0.39, 0.29) is 11.9 Å². The van der Waals surface area contributed by atoms with Crippen LogP contribution in [0.15, 0.2) is 40.9 Å². The van der Waals surface area contributed by atoms with E-state index in [9.17, 15) is 4.39 Å². The molecule has 1 atom stereocenters. The fourth-order valence-electron chi connectivity index (χ4n) is 3.10.